The minimum absolute atomic E-state index is 0.244. The number of rotatable bonds is 3. The predicted octanol–water partition coefficient (Wildman–Crippen LogP) is 3.04. The average Bonchev–Trinajstić information content (AvgIpc) is 2.19. The van der Waals surface area contributed by atoms with Crippen LogP contribution in [-0.2, 0) is 4.74 Å². The zero-order valence-electron chi connectivity index (χ0n) is 8.12. The lowest BCUT2D eigenvalue weighted by Crippen LogP contribution is -2.09. The molecular weight excluding hydrogens is 160 g/mol. The molecule has 1 heteroatoms. The van der Waals surface area contributed by atoms with Gasteiger partial charge in [-0.15, -0.1) is 12.3 Å². The Kier molecular flexibility index (Phi) is 4.18. The molecule has 1 aliphatic rings. The maximum absolute atomic E-state index is 5.43. The Morgan fingerprint density at radius 2 is 2.62 bits per heavy atom. The summed E-state index contributed by atoms with van der Waals surface area (Å²) in [6, 6.07) is 0. The molecule has 1 rings (SSSR count). The van der Waals surface area contributed by atoms with Crippen LogP contribution in [0.4, 0.5) is 0 Å². The van der Waals surface area contributed by atoms with Crippen LogP contribution in [0.1, 0.15) is 32.6 Å². The smallest absolute Gasteiger partial charge is 0.116 e. The molecule has 1 atom stereocenters. The van der Waals surface area contributed by atoms with Gasteiger partial charge in [0.25, 0.3) is 0 Å². The van der Waals surface area contributed by atoms with Crippen LogP contribution >= 0.6 is 0 Å². The van der Waals surface area contributed by atoms with Crippen molar-refractivity contribution in [1.29, 1.82) is 0 Å². The number of allylic oxidation sites excluding steroid dienone is 2. The summed E-state index contributed by atoms with van der Waals surface area (Å²) in [7, 11) is 0. The Bertz CT molecular complexity index is 242. The van der Waals surface area contributed by atoms with Crippen molar-refractivity contribution in [3.63, 3.8) is 0 Å². The van der Waals surface area contributed by atoms with Crippen molar-refractivity contribution in [3.8, 4) is 12.3 Å². The van der Waals surface area contributed by atoms with E-state index in [-0.39, 0.29) is 6.10 Å². The minimum atomic E-state index is 0.244. The first-order valence-corrected chi connectivity index (χ1v) is 4.80. The lowest BCUT2D eigenvalue weighted by Gasteiger charge is -2.16. The van der Waals surface area contributed by atoms with E-state index < -0.39 is 0 Å². The van der Waals surface area contributed by atoms with Gasteiger partial charge in [-0.05, 0) is 31.4 Å². The summed E-state index contributed by atoms with van der Waals surface area (Å²) in [5, 5.41) is 0. The van der Waals surface area contributed by atoms with Gasteiger partial charge in [0.15, 0.2) is 0 Å². The SMILES string of the molecule is C#CCC(=CC1CCC=CO1)CC. The topological polar surface area (TPSA) is 9.23 Å². The largest absolute Gasteiger partial charge is 0.494 e. The molecule has 1 heterocycles. The first-order chi connectivity index (χ1) is 6.36. The third-order valence-electron chi connectivity index (χ3n) is 2.17. The van der Waals surface area contributed by atoms with E-state index >= 15 is 0 Å². The van der Waals surface area contributed by atoms with E-state index in [2.05, 4.69) is 25.0 Å². The molecule has 0 aromatic rings. The molecule has 1 aliphatic heterocycles. The summed E-state index contributed by atoms with van der Waals surface area (Å²) >= 11 is 0. The first kappa shape index (κ1) is 9.92. The highest BCUT2D eigenvalue weighted by Gasteiger charge is 2.07. The Morgan fingerprint density at radius 1 is 1.77 bits per heavy atom. The third kappa shape index (κ3) is 3.38. The minimum Gasteiger partial charge on any atom is -0.494 e. The van der Waals surface area contributed by atoms with Crippen molar-refractivity contribution >= 4 is 0 Å². The van der Waals surface area contributed by atoms with Gasteiger partial charge in [0.05, 0.1) is 6.26 Å². The summed E-state index contributed by atoms with van der Waals surface area (Å²) < 4.78 is 5.43. The van der Waals surface area contributed by atoms with Crippen molar-refractivity contribution in [1.82, 2.24) is 0 Å². The van der Waals surface area contributed by atoms with E-state index in [0.29, 0.717) is 0 Å². The second-order valence-electron chi connectivity index (χ2n) is 3.18. The third-order valence-corrected chi connectivity index (χ3v) is 2.17. The first-order valence-electron chi connectivity index (χ1n) is 4.80. The molecule has 0 fully saturated rings. The standard InChI is InChI=1S/C12H16O/c1-3-7-11(4-2)10-12-8-5-6-9-13-12/h1,6,9-10,12H,4-5,7-8H2,2H3. The molecule has 0 amide bonds. The van der Waals surface area contributed by atoms with Gasteiger partial charge in [-0.2, -0.15) is 0 Å². The lowest BCUT2D eigenvalue weighted by atomic mass is 10.0. The monoisotopic (exact) mass is 176 g/mol. The number of ether oxygens (including phenoxy) is 1. The van der Waals surface area contributed by atoms with E-state index in [0.717, 1.165) is 25.7 Å². The van der Waals surface area contributed by atoms with Gasteiger partial charge in [-0.1, -0.05) is 12.5 Å². The fourth-order valence-corrected chi connectivity index (χ4v) is 1.37. The zero-order chi connectivity index (χ0) is 9.52. The zero-order valence-corrected chi connectivity index (χ0v) is 8.12. The van der Waals surface area contributed by atoms with E-state index in [1.54, 1.807) is 6.26 Å². The number of hydrogen-bond acceptors (Lipinski definition) is 1. The Labute approximate surface area is 80.5 Å². The van der Waals surface area contributed by atoms with Gasteiger partial charge in [0.1, 0.15) is 6.10 Å². The van der Waals surface area contributed by atoms with Gasteiger partial charge in [0, 0.05) is 6.42 Å². The van der Waals surface area contributed by atoms with Crippen LogP contribution in [-0.4, -0.2) is 6.10 Å². The fraction of sp³-hybridized carbons (Fsp3) is 0.500. The summed E-state index contributed by atoms with van der Waals surface area (Å²) in [5.41, 5.74) is 1.31. The van der Waals surface area contributed by atoms with E-state index in [1.807, 2.05) is 0 Å². The molecule has 70 valence electrons. The van der Waals surface area contributed by atoms with Gasteiger partial charge in [-0.3, -0.25) is 0 Å². The van der Waals surface area contributed by atoms with Crippen LogP contribution in [0, 0.1) is 12.3 Å². The molecule has 0 spiro atoms. The molecule has 0 aromatic carbocycles. The molecule has 13 heavy (non-hydrogen) atoms. The lowest BCUT2D eigenvalue weighted by molar-refractivity contribution is 0.164. The quantitative estimate of drug-likeness (QED) is 0.474. The summed E-state index contributed by atoms with van der Waals surface area (Å²) in [5.74, 6) is 2.67. The van der Waals surface area contributed by atoms with Gasteiger partial charge in [-0.25, -0.2) is 0 Å². The predicted molar refractivity (Wildman–Crippen MR) is 55.1 cm³/mol. The fourth-order valence-electron chi connectivity index (χ4n) is 1.37. The second-order valence-corrected chi connectivity index (χ2v) is 3.18. The summed E-state index contributed by atoms with van der Waals surface area (Å²) in [6.07, 6.45) is 15.5. The average molecular weight is 176 g/mol. The van der Waals surface area contributed by atoms with Crippen molar-refractivity contribution in [3.05, 3.63) is 24.0 Å². The van der Waals surface area contributed by atoms with Crippen molar-refractivity contribution in [2.75, 3.05) is 0 Å². The molecule has 1 nitrogen and oxygen atoms in total. The van der Waals surface area contributed by atoms with Crippen LogP contribution in [0.25, 0.3) is 0 Å². The van der Waals surface area contributed by atoms with Crippen LogP contribution in [0.5, 0.6) is 0 Å². The Balaban J connectivity index is 2.51. The molecule has 0 aromatic heterocycles. The second kappa shape index (κ2) is 5.48. The van der Waals surface area contributed by atoms with Crippen LogP contribution in [0.3, 0.4) is 0 Å². The molecular formula is C12H16O. The highest BCUT2D eigenvalue weighted by Crippen LogP contribution is 2.15. The summed E-state index contributed by atoms with van der Waals surface area (Å²) in [4.78, 5) is 0. The van der Waals surface area contributed by atoms with Crippen molar-refractivity contribution < 1.29 is 4.74 Å². The molecule has 0 aliphatic carbocycles. The van der Waals surface area contributed by atoms with Gasteiger partial charge >= 0.3 is 0 Å². The van der Waals surface area contributed by atoms with Crippen LogP contribution in [0.2, 0.25) is 0 Å². The van der Waals surface area contributed by atoms with E-state index in [4.69, 9.17) is 11.2 Å². The Morgan fingerprint density at radius 3 is 3.15 bits per heavy atom. The van der Waals surface area contributed by atoms with Crippen LogP contribution in [0.15, 0.2) is 24.0 Å². The molecule has 0 saturated heterocycles. The molecule has 0 N–H and O–H groups in total. The maximum Gasteiger partial charge on any atom is 0.116 e. The van der Waals surface area contributed by atoms with Gasteiger partial charge < -0.3 is 4.74 Å². The van der Waals surface area contributed by atoms with E-state index in [1.165, 1.54) is 5.57 Å². The summed E-state index contributed by atoms with van der Waals surface area (Å²) in [6.45, 7) is 2.13. The molecule has 0 radical (unpaired) electrons. The van der Waals surface area contributed by atoms with Crippen molar-refractivity contribution in [2.24, 2.45) is 0 Å². The van der Waals surface area contributed by atoms with Gasteiger partial charge in [0.2, 0.25) is 0 Å². The number of terminal acetylenes is 1. The van der Waals surface area contributed by atoms with E-state index in [9.17, 15) is 0 Å². The Hall–Kier alpha value is -1.16. The maximum atomic E-state index is 5.43. The highest BCUT2D eigenvalue weighted by atomic mass is 16.5. The van der Waals surface area contributed by atoms with Crippen LogP contribution < -0.4 is 0 Å². The van der Waals surface area contributed by atoms with Crippen molar-refractivity contribution in [2.45, 2.75) is 38.7 Å². The molecule has 0 saturated carbocycles. The number of hydrogen-bond donors (Lipinski definition) is 0. The molecule has 1 unspecified atom stereocenters. The molecule has 0 bridgehead atoms. The normalized spacial score (nSPS) is 22.2. The highest BCUT2D eigenvalue weighted by molar-refractivity contribution is 5.13.